The van der Waals surface area contributed by atoms with Gasteiger partial charge in [-0.1, -0.05) is 29.8 Å². The number of carbonyl (C=O) groups excluding carboxylic acids is 3. The van der Waals surface area contributed by atoms with E-state index < -0.39 is 35.1 Å². The van der Waals surface area contributed by atoms with Gasteiger partial charge in [0.2, 0.25) is 12.3 Å². The third kappa shape index (κ3) is 7.90. The lowest BCUT2D eigenvalue weighted by Crippen LogP contribution is -2.47. The van der Waals surface area contributed by atoms with Gasteiger partial charge in [-0.3, -0.25) is 9.59 Å². The normalized spacial score (nSPS) is 12.1. The average Bonchev–Trinajstić information content (AvgIpc) is 3.29. The number of hydrogen-bond donors (Lipinski definition) is 2. The molecule has 0 bridgehead atoms. The van der Waals surface area contributed by atoms with Gasteiger partial charge in [0, 0.05) is 39.6 Å². The molecule has 1 unspecified atom stereocenters. The summed E-state index contributed by atoms with van der Waals surface area (Å²) in [5, 5.41) is 3.88. The third-order valence-electron chi connectivity index (χ3n) is 6.38. The van der Waals surface area contributed by atoms with Gasteiger partial charge >= 0.3 is 5.97 Å². The molecule has 0 fully saturated rings. The third-order valence-corrected chi connectivity index (χ3v) is 6.62. The van der Waals surface area contributed by atoms with Crippen LogP contribution in [-0.4, -0.2) is 40.3 Å². The minimum absolute atomic E-state index is 0.00362. The topological polar surface area (TPSA) is 101 Å². The summed E-state index contributed by atoms with van der Waals surface area (Å²) in [4.78, 5) is 43.8. The molecule has 3 aromatic carbocycles. The molecule has 0 spiro atoms. The number of rotatable bonds is 11. The molecule has 2 amide bonds. The molecule has 4 rings (SSSR count). The van der Waals surface area contributed by atoms with Gasteiger partial charge in [-0.05, 0) is 75.2 Å². The van der Waals surface area contributed by atoms with Crippen LogP contribution in [0.25, 0.3) is 10.9 Å². The Morgan fingerprint density at radius 2 is 1.70 bits per heavy atom. The lowest BCUT2D eigenvalue weighted by Gasteiger charge is -2.31. The Bertz CT molecular complexity index is 1610. The summed E-state index contributed by atoms with van der Waals surface area (Å²) in [5.74, 6) is -2.13. The number of nitrogens with zero attached hydrogens (tertiary/aromatic N) is 1. The highest BCUT2D eigenvalue weighted by Gasteiger charge is 2.36. The van der Waals surface area contributed by atoms with E-state index in [0.29, 0.717) is 39.2 Å². The largest absolute Gasteiger partial charge is 0.489 e. The van der Waals surface area contributed by atoms with Gasteiger partial charge in [-0.25, -0.2) is 13.6 Å². The van der Waals surface area contributed by atoms with Crippen LogP contribution in [-0.2, 0) is 27.5 Å². The second-order valence-corrected chi connectivity index (χ2v) is 11.4. The number of benzene rings is 3. The lowest BCUT2D eigenvalue weighted by atomic mass is 9.98. The fraction of sp³-hybridized carbons (Fsp3) is 0.281. The van der Waals surface area contributed by atoms with E-state index in [9.17, 15) is 23.2 Å². The SMILES string of the molecule is CCOC(=O)c1[nH]c2cc(Cl)ccc2c1C(C(=O)NC(C)(C)C)N(C=O)Cc1ccc(OCc2cc(F)cc(F)c2)cc1. The van der Waals surface area contributed by atoms with Gasteiger partial charge in [0.25, 0.3) is 0 Å². The number of esters is 1. The zero-order chi connectivity index (χ0) is 31.3. The van der Waals surface area contributed by atoms with Crippen molar-refractivity contribution in [2.75, 3.05) is 6.61 Å². The molecule has 11 heteroatoms. The molecule has 43 heavy (non-hydrogen) atoms. The van der Waals surface area contributed by atoms with E-state index >= 15 is 0 Å². The quantitative estimate of drug-likeness (QED) is 0.150. The molecule has 226 valence electrons. The van der Waals surface area contributed by atoms with Crippen molar-refractivity contribution < 1.29 is 32.6 Å². The van der Waals surface area contributed by atoms with Crippen molar-refractivity contribution in [1.82, 2.24) is 15.2 Å². The number of aromatic nitrogens is 1. The number of nitrogens with one attached hydrogen (secondary N) is 2. The molecule has 0 aliphatic carbocycles. The van der Waals surface area contributed by atoms with Crippen LogP contribution >= 0.6 is 11.6 Å². The number of halogens is 3. The van der Waals surface area contributed by atoms with Gasteiger partial charge in [-0.2, -0.15) is 0 Å². The molecule has 0 saturated carbocycles. The van der Waals surface area contributed by atoms with Crippen molar-refractivity contribution in [3.05, 3.63) is 99.7 Å². The lowest BCUT2D eigenvalue weighted by molar-refractivity contribution is -0.134. The number of carbonyl (C=O) groups is 3. The van der Waals surface area contributed by atoms with E-state index in [1.165, 1.54) is 17.0 Å². The Balaban J connectivity index is 1.68. The van der Waals surface area contributed by atoms with E-state index in [0.717, 1.165) is 6.07 Å². The Morgan fingerprint density at radius 3 is 2.30 bits per heavy atom. The standard InChI is InChI=1S/C32H32ClF2N3O5/c1-5-42-31(41)28-27(25-11-8-21(33)14-26(25)36-28)29(30(40)37-32(2,3)4)38(18-39)16-19-6-9-24(10-7-19)43-17-20-12-22(34)15-23(35)13-20/h6-15,18,29,36H,5,16-17H2,1-4H3,(H,37,40). The molecule has 2 N–H and O–H groups in total. The van der Waals surface area contributed by atoms with E-state index in [1.807, 2.05) is 20.8 Å². The molecule has 1 aromatic heterocycles. The Labute approximate surface area is 252 Å². The number of hydrogen-bond acceptors (Lipinski definition) is 5. The summed E-state index contributed by atoms with van der Waals surface area (Å²) in [6.45, 7) is 7.16. The molecule has 0 aliphatic heterocycles. The molecular formula is C32H32ClF2N3O5. The minimum Gasteiger partial charge on any atom is -0.489 e. The van der Waals surface area contributed by atoms with E-state index in [4.69, 9.17) is 21.1 Å². The molecule has 0 saturated heterocycles. The highest BCUT2D eigenvalue weighted by molar-refractivity contribution is 6.31. The highest BCUT2D eigenvalue weighted by Crippen LogP contribution is 2.35. The Kier molecular flexibility index (Phi) is 9.70. The van der Waals surface area contributed by atoms with Crippen LogP contribution < -0.4 is 10.1 Å². The summed E-state index contributed by atoms with van der Waals surface area (Å²) in [6, 6.07) is 13.6. The molecule has 1 atom stereocenters. The maximum atomic E-state index is 13.8. The second-order valence-electron chi connectivity index (χ2n) is 11.0. The van der Waals surface area contributed by atoms with Crippen LogP contribution in [0.15, 0.2) is 60.7 Å². The maximum Gasteiger partial charge on any atom is 0.355 e. The zero-order valence-corrected chi connectivity index (χ0v) is 24.9. The highest BCUT2D eigenvalue weighted by atomic mass is 35.5. The van der Waals surface area contributed by atoms with Gasteiger partial charge < -0.3 is 24.7 Å². The first kappa shape index (κ1) is 31.5. The monoisotopic (exact) mass is 611 g/mol. The summed E-state index contributed by atoms with van der Waals surface area (Å²) in [7, 11) is 0. The van der Waals surface area contributed by atoms with E-state index in [1.54, 1.807) is 49.4 Å². The van der Waals surface area contributed by atoms with Crippen molar-refractivity contribution >= 4 is 40.8 Å². The van der Waals surface area contributed by atoms with Gasteiger partial charge in [-0.15, -0.1) is 0 Å². The van der Waals surface area contributed by atoms with E-state index in [2.05, 4.69) is 10.3 Å². The molecular weight excluding hydrogens is 580 g/mol. The van der Waals surface area contributed by atoms with Crippen LogP contribution in [0.1, 0.15) is 60.9 Å². The van der Waals surface area contributed by atoms with Gasteiger partial charge in [0.05, 0.1) is 6.61 Å². The van der Waals surface area contributed by atoms with Crippen molar-refractivity contribution in [3.63, 3.8) is 0 Å². The molecule has 8 nitrogen and oxygen atoms in total. The average molecular weight is 612 g/mol. The first-order chi connectivity index (χ1) is 20.4. The number of aromatic amines is 1. The summed E-state index contributed by atoms with van der Waals surface area (Å²) < 4.78 is 37.9. The zero-order valence-electron chi connectivity index (χ0n) is 24.2. The second kappa shape index (κ2) is 13.2. The van der Waals surface area contributed by atoms with Crippen LogP contribution in [0.3, 0.4) is 0 Å². The van der Waals surface area contributed by atoms with Crippen molar-refractivity contribution in [3.8, 4) is 5.75 Å². The summed E-state index contributed by atoms with van der Waals surface area (Å²) in [6.07, 6.45) is 0.555. The Hall–Kier alpha value is -4.44. The maximum absolute atomic E-state index is 13.8. The molecule has 0 aliphatic rings. The fourth-order valence-electron chi connectivity index (χ4n) is 4.68. The van der Waals surface area contributed by atoms with Crippen LogP contribution in [0.4, 0.5) is 8.78 Å². The summed E-state index contributed by atoms with van der Waals surface area (Å²) >= 11 is 6.21. The number of fused-ring (bicyclic) bond motifs is 1. The predicted octanol–water partition coefficient (Wildman–Crippen LogP) is 6.47. The van der Waals surface area contributed by atoms with Gasteiger partial charge in [0.15, 0.2) is 0 Å². The van der Waals surface area contributed by atoms with Crippen LogP contribution in [0.2, 0.25) is 5.02 Å². The minimum atomic E-state index is -1.22. The molecule has 0 radical (unpaired) electrons. The number of amides is 2. The molecule has 4 aromatic rings. The predicted molar refractivity (Wildman–Crippen MR) is 159 cm³/mol. The number of H-pyrrole nitrogens is 1. The first-order valence-electron chi connectivity index (χ1n) is 13.6. The van der Waals surface area contributed by atoms with Crippen molar-refractivity contribution in [2.45, 2.75) is 52.4 Å². The van der Waals surface area contributed by atoms with Crippen molar-refractivity contribution in [1.29, 1.82) is 0 Å². The fourth-order valence-corrected chi connectivity index (χ4v) is 4.85. The van der Waals surface area contributed by atoms with Crippen molar-refractivity contribution in [2.24, 2.45) is 0 Å². The molecule has 1 heterocycles. The first-order valence-corrected chi connectivity index (χ1v) is 13.9. The van der Waals surface area contributed by atoms with Gasteiger partial charge in [0.1, 0.15) is 35.7 Å². The Morgan fingerprint density at radius 1 is 1.02 bits per heavy atom. The number of ether oxygens (including phenoxy) is 2. The van der Waals surface area contributed by atoms with Crippen LogP contribution in [0, 0.1) is 11.6 Å². The summed E-state index contributed by atoms with van der Waals surface area (Å²) in [5.41, 5.74) is 1.17. The van der Waals surface area contributed by atoms with Crippen LogP contribution in [0.5, 0.6) is 5.75 Å². The van der Waals surface area contributed by atoms with E-state index in [-0.39, 0.29) is 31.0 Å². The smallest absolute Gasteiger partial charge is 0.355 e.